The Bertz CT molecular complexity index is 1430. The van der Waals surface area contributed by atoms with E-state index in [1.54, 1.807) is 32.4 Å². The van der Waals surface area contributed by atoms with Gasteiger partial charge in [-0.15, -0.1) is 0 Å². The molecule has 1 saturated heterocycles. The summed E-state index contributed by atoms with van der Waals surface area (Å²) in [6.45, 7) is 4.41. The van der Waals surface area contributed by atoms with Gasteiger partial charge in [0.05, 0.1) is 33.0 Å². The number of rotatable bonds is 8. The summed E-state index contributed by atoms with van der Waals surface area (Å²) in [7, 11) is 3.30. The summed E-state index contributed by atoms with van der Waals surface area (Å²) in [6.07, 6.45) is -0.289. The van der Waals surface area contributed by atoms with Crippen molar-refractivity contribution in [3.63, 3.8) is 0 Å². The SMILES string of the molecule is COc1cc2c(cc1OC)CN(CC1OC(c3cccc(NC(=O)C(Cl)(Cl)Cl)c3)OC(c3ccc(CO)cc3)C1C)CC2. The van der Waals surface area contributed by atoms with Gasteiger partial charge < -0.3 is 29.4 Å². The van der Waals surface area contributed by atoms with Gasteiger partial charge in [-0.3, -0.25) is 9.69 Å². The molecule has 0 spiro atoms. The molecule has 2 aliphatic heterocycles. The van der Waals surface area contributed by atoms with Crippen molar-refractivity contribution in [1.29, 1.82) is 0 Å². The summed E-state index contributed by atoms with van der Waals surface area (Å²) in [5, 5.41) is 12.2. The van der Waals surface area contributed by atoms with Gasteiger partial charge in [-0.25, -0.2) is 0 Å². The first kappa shape index (κ1) is 31.9. The normalized spacial score (nSPS) is 22.5. The van der Waals surface area contributed by atoms with Crippen LogP contribution in [0.5, 0.6) is 11.5 Å². The van der Waals surface area contributed by atoms with Crippen molar-refractivity contribution in [2.75, 3.05) is 32.6 Å². The third-order valence-corrected chi connectivity index (χ3v) is 8.55. The number of carbonyl (C=O) groups excluding carboxylic acids is 1. The van der Waals surface area contributed by atoms with Crippen LogP contribution in [0.1, 0.15) is 47.1 Å². The van der Waals surface area contributed by atoms with Gasteiger partial charge in [-0.05, 0) is 52.9 Å². The second-order valence-corrected chi connectivity index (χ2v) is 13.1. The Morgan fingerprint density at radius 1 is 1.00 bits per heavy atom. The molecular formula is C32H35Cl3N2O6. The highest BCUT2D eigenvalue weighted by Gasteiger charge is 2.40. The second kappa shape index (κ2) is 13.6. The van der Waals surface area contributed by atoms with E-state index in [4.69, 9.17) is 53.8 Å². The number of halogens is 3. The van der Waals surface area contributed by atoms with Crippen LogP contribution < -0.4 is 14.8 Å². The molecule has 0 saturated carbocycles. The van der Waals surface area contributed by atoms with Crippen LogP contribution >= 0.6 is 34.8 Å². The number of amides is 1. The number of ether oxygens (including phenoxy) is 4. The number of nitrogens with one attached hydrogen (secondary N) is 1. The first-order valence-electron chi connectivity index (χ1n) is 14.0. The highest BCUT2D eigenvalue weighted by Crippen LogP contribution is 2.43. The fourth-order valence-electron chi connectivity index (χ4n) is 5.65. The van der Waals surface area contributed by atoms with Gasteiger partial charge in [0.15, 0.2) is 17.8 Å². The van der Waals surface area contributed by atoms with Crippen molar-refractivity contribution in [1.82, 2.24) is 4.90 Å². The van der Waals surface area contributed by atoms with Crippen molar-refractivity contribution < 1.29 is 28.8 Å². The average molecular weight is 650 g/mol. The molecule has 4 unspecified atom stereocenters. The molecule has 8 nitrogen and oxygen atoms in total. The summed E-state index contributed by atoms with van der Waals surface area (Å²) in [5.74, 6) is 0.705. The number of nitrogens with zero attached hydrogens (tertiary/aromatic N) is 1. The Hall–Kier alpha value is -2.56. The molecule has 2 aliphatic rings. The standard InChI is InChI=1S/C32H35Cl3N2O6/c1-19-28(17-37-12-11-22-14-26(40-2)27(41-3)15-24(22)16-37)42-30(43-29(19)21-9-7-20(18-38)8-10-21)23-5-4-6-25(13-23)36-31(39)32(33,34)35/h4-10,13-15,19,28-30,38H,11-12,16-18H2,1-3H3,(H,36,39). The van der Waals surface area contributed by atoms with Crippen molar-refractivity contribution in [3.8, 4) is 11.5 Å². The number of anilines is 1. The van der Waals surface area contributed by atoms with E-state index >= 15 is 0 Å². The Morgan fingerprint density at radius 2 is 1.70 bits per heavy atom. The molecule has 1 amide bonds. The number of hydrogen-bond acceptors (Lipinski definition) is 7. The van der Waals surface area contributed by atoms with Crippen molar-refractivity contribution >= 4 is 46.4 Å². The first-order chi connectivity index (χ1) is 20.6. The van der Waals surface area contributed by atoms with E-state index in [-0.39, 0.29) is 24.7 Å². The summed E-state index contributed by atoms with van der Waals surface area (Å²) in [6, 6.07) is 19.0. The minimum absolute atomic E-state index is 0.00951. The lowest BCUT2D eigenvalue weighted by Crippen LogP contribution is -2.45. The average Bonchev–Trinajstić information content (AvgIpc) is 3.01. The van der Waals surface area contributed by atoms with Crippen LogP contribution in [0.25, 0.3) is 0 Å². The van der Waals surface area contributed by atoms with Gasteiger partial charge in [0.25, 0.3) is 9.70 Å². The number of hydrogen-bond donors (Lipinski definition) is 2. The predicted molar refractivity (Wildman–Crippen MR) is 167 cm³/mol. The summed E-state index contributed by atoms with van der Waals surface area (Å²) >= 11 is 17.3. The van der Waals surface area contributed by atoms with Crippen LogP contribution in [0.3, 0.4) is 0 Å². The molecular weight excluding hydrogens is 615 g/mol. The Labute approximate surface area is 266 Å². The Kier molecular flexibility index (Phi) is 10.1. The molecule has 0 radical (unpaired) electrons. The zero-order chi connectivity index (χ0) is 30.7. The van der Waals surface area contributed by atoms with E-state index < -0.39 is 16.0 Å². The highest BCUT2D eigenvalue weighted by molar-refractivity contribution is 6.76. The lowest BCUT2D eigenvalue weighted by Gasteiger charge is -2.43. The molecule has 11 heteroatoms. The molecule has 0 aliphatic carbocycles. The van der Waals surface area contributed by atoms with Crippen molar-refractivity contribution in [2.45, 2.75) is 48.8 Å². The van der Waals surface area contributed by atoms with Crippen LogP contribution in [0, 0.1) is 5.92 Å². The minimum atomic E-state index is -2.09. The quantitative estimate of drug-likeness (QED) is 0.275. The van der Waals surface area contributed by atoms with E-state index in [0.717, 1.165) is 42.0 Å². The van der Waals surface area contributed by atoms with Crippen molar-refractivity contribution in [2.24, 2.45) is 5.92 Å². The number of benzene rings is 3. The van der Waals surface area contributed by atoms with E-state index in [1.807, 2.05) is 30.3 Å². The molecule has 4 atom stereocenters. The second-order valence-electron chi connectivity index (χ2n) is 10.9. The van der Waals surface area contributed by atoms with Crippen LogP contribution in [0.4, 0.5) is 5.69 Å². The topological polar surface area (TPSA) is 89.5 Å². The van der Waals surface area contributed by atoms with Gasteiger partial charge in [-0.1, -0.05) is 78.1 Å². The van der Waals surface area contributed by atoms with E-state index in [1.165, 1.54) is 11.1 Å². The third-order valence-electron chi connectivity index (χ3n) is 8.03. The van der Waals surface area contributed by atoms with E-state index in [9.17, 15) is 9.90 Å². The predicted octanol–water partition coefficient (Wildman–Crippen LogP) is 6.35. The molecule has 43 heavy (non-hydrogen) atoms. The van der Waals surface area contributed by atoms with Crippen LogP contribution in [0.15, 0.2) is 60.7 Å². The number of carbonyl (C=O) groups is 1. The Balaban J connectivity index is 1.40. The number of methoxy groups -OCH3 is 2. The molecule has 3 aromatic carbocycles. The number of alkyl halides is 3. The van der Waals surface area contributed by atoms with E-state index in [0.29, 0.717) is 18.0 Å². The Morgan fingerprint density at radius 3 is 2.35 bits per heavy atom. The monoisotopic (exact) mass is 648 g/mol. The fourth-order valence-corrected chi connectivity index (χ4v) is 5.79. The maximum absolute atomic E-state index is 12.3. The number of fused-ring (bicyclic) bond motifs is 1. The molecule has 3 aromatic rings. The van der Waals surface area contributed by atoms with E-state index in [2.05, 4.69) is 29.3 Å². The largest absolute Gasteiger partial charge is 0.493 e. The lowest BCUT2D eigenvalue weighted by molar-refractivity contribution is -0.276. The fraction of sp³-hybridized carbons (Fsp3) is 0.406. The minimum Gasteiger partial charge on any atom is -0.493 e. The van der Waals surface area contributed by atoms with Crippen LogP contribution in [0.2, 0.25) is 0 Å². The smallest absolute Gasteiger partial charge is 0.276 e. The highest BCUT2D eigenvalue weighted by atomic mass is 35.6. The maximum atomic E-state index is 12.3. The lowest BCUT2D eigenvalue weighted by atomic mass is 9.89. The van der Waals surface area contributed by atoms with Gasteiger partial charge in [-0.2, -0.15) is 0 Å². The third kappa shape index (κ3) is 7.40. The zero-order valence-electron chi connectivity index (χ0n) is 24.2. The molecule has 2 heterocycles. The van der Waals surface area contributed by atoms with Crippen LogP contribution in [-0.4, -0.2) is 53.1 Å². The maximum Gasteiger partial charge on any atom is 0.276 e. The molecule has 2 N–H and O–H groups in total. The first-order valence-corrected chi connectivity index (χ1v) is 15.2. The molecule has 230 valence electrons. The number of aliphatic hydroxyl groups is 1. The van der Waals surface area contributed by atoms with Gasteiger partial charge in [0, 0.05) is 36.8 Å². The molecule has 0 aromatic heterocycles. The van der Waals surface area contributed by atoms with Gasteiger partial charge in [0.1, 0.15) is 0 Å². The van der Waals surface area contributed by atoms with Gasteiger partial charge in [0.2, 0.25) is 0 Å². The van der Waals surface area contributed by atoms with Crippen LogP contribution in [-0.2, 0) is 33.8 Å². The molecule has 5 rings (SSSR count). The van der Waals surface area contributed by atoms with Gasteiger partial charge >= 0.3 is 0 Å². The molecule has 0 bridgehead atoms. The van der Waals surface area contributed by atoms with Crippen molar-refractivity contribution in [3.05, 3.63) is 88.5 Å². The summed E-state index contributed by atoms with van der Waals surface area (Å²) < 4.78 is 22.2. The summed E-state index contributed by atoms with van der Waals surface area (Å²) in [4.78, 5) is 14.7. The molecule has 1 fully saturated rings. The summed E-state index contributed by atoms with van der Waals surface area (Å²) in [5.41, 5.74) is 5.45. The number of aliphatic hydroxyl groups excluding tert-OH is 1. The zero-order valence-corrected chi connectivity index (χ0v) is 26.5.